The summed E-state index contributed by atoms with van der Waals surface area (Å²) in [5.41, 5.74) is 5.60. The Morgan fingerprint density at radius 3 is 2.46 bits per heavy atom. The molecule has 200 valence electrons. The number of nitrogens with one attached hydrogen (secondary N) is 2. The Labute approximate surface area is 229 Å². The maximum atomic E-state index is 14.3. The average molecular weight is 522 g/mol. The van der Waals surface area contributed by atoms with E-state index >= 15 is 0 Å². The zero-order chi connectivity index (χ0) is 27.0. The smallest absolute Gasteiger partial charge is 0.244 e. The molecule has 39 heavy (non-hydrogen) atoms. The molecule has 6 rings (SSSR count). The van der Waals surface area contributed by atoms with Crippen LogP contribution < -0.4 is 5.32 Å². The van der Waals surface area contributed by atoms with Crippen molar-refractivity contribution in [3.63, 3.8) is 0 Å². The molecule has 1 atom stereocenters. The number of benzene rings is 3. The van der Waals surface area contributed by atoms with Gasteiger partial charge in [-0.05, 0) is 93.6 Å². The zero-order valence-corrected chi connectivity index (χ0v) is 22.7. The summed E-state index contributed by atoms with van der Waals surface area (Å²) in [6.45, 7) is 0. The largest absolute Gasteiger partial charge is 0.358 e. The molecule has 0 radical (unpaired) electrons. The number of para-hydroxylation sites is 1. The van der Waals surface area contributed by atoms with Crippen LogP contribution in [-0.2, 0) is 22.2 Å². The van der Waals surface area contributed by atoms with Gasteiger partial charge in [0, 0.05) is 39.7 Å². The molecule has 4 nitrogen and oxygen atoms in total. The molecule has 1 amide bonds. The first-order chi connectivity index (χ1) is 18.9. The summed E-state index contributed by atoms with van der Waals surface area (Å²) in [4.78, 5) is 19.1. The van der Waals surface area contributed by atoms with Gasteiger partial charge in [-0.1, -0.05) is 60.7 Å². The van der Waals surface area contributed by atoms with Crippen LogP contribution >= 0.6 is 0 Å². The Hall–Kier alpha value is -3.70. The van der Waals surface area contributed by atoms with E-state index in [9.17, 15) is 9.18 Å². The molecule has 1 aromatic heterocycles. The molecule has 1 heterocycles. The molecule has 0 bridgehead atoms. The SMILES string of the molecule is CN(C)C1(c2cccc(F)c2)CCC2(CC1)CC(NC(=O)/C=C/c1ccccc1)Cc1c2[nH]c2ccccc12. The average Bonchev–Trinajstić information content (AvgIpc) is 3.32. The predicted molar refractivity (Wildman–Crippen MR) is 156 cm³/mol. The van der Waals surface area contributed by atoms with Crippen molar-refractivity contribution in [2.24, 2.45) is 0 Å². The van der Waals surface area contributed by atoms with E-state index in [4.69, 9.17) is 0 Å². The van der Waals surface area contributed by atoms with Crippen LogP contribution in [0.3, 0.4) is 0 Å². The van der Waals surface area contributed by atoms with Crippen LogP contribution in [0.15, 0.2) is 84.9 Å². The molecular formula is C34H36FN3O. The van der Waals surface area contributed by atoms with Gasteiger partial charge in [-0.15, -0.1) is 0 Å². The van der Waals surface area contributed by atoms with Crippen LogP contribution in [0.1, 0.15) is 54.5 Å². The minimum absolute atomic E-state index is 0.0469. The molecule has 3 aromatic carbocycles. The van der Waals surface area contributed by atoms with E-state index in [2.05, 4.69) is 59.6 Å². The Morgan fingerprint density at radius 1 is 0.974 bits per heavy atom. The number of fused-ring (bicyclic) bond motifs is 4. The number of carbonyl (C=O) groups excluding carboxylic acids is 1. The topological polar surface area (TPSA) is 48.1 Å². The predicted octanol–water partition coefficient (Wildman–Crippen LogP) is 6.72. The van der Waals surface area contributed by atoms with Crippen molar-refractivity contribution < 1.29 is 9.18 Å². The maximum Gasteiger partial charge on any atom is 0.244 e. The highest BCUT2D eigenvalue weighted by Gasteiger charge is 2.50. The summed E-state index contributed by atoms with van der Waals surface area (Å²) >= 11 is 0. The highest BCUT2D eigenvalue weighted by molar-refractivity contribution is 5.92. The van der Waals surface area contributed by atoms with Crippen molar-refractivity contribution in [1.29, 1.82) is 0 Å². The third-order valence-electron chi connectivity index (χ3n) is 9.26. The summed E-state index contributed by atoms with van der Waals surface area (Å²) in [6, 6.07) is 25.6. The van der Waals surface area contributed by atoms with Gasteiger partial charge in [0.15, 0.2) is 0 Å². The third-order valence-corrected chi connectivity index (χ3v) is 9.26. The van der Waals surface area contributed by atoms with Crippen LogP contribution in [0.25, 0.3) is 17.0 Å². The summed E-state index contributed by atoms with van der Waals surface area (Å²) in [5.74, 6) is -0.239. The first-order valence-electron chi connectivity index (χ1n) is 14.0. The fourth-order valence-corrected chi connectivity index (χ4v) is 7.21. The number of nitrogens with zero attached hydrogens (tertiary/aromatic N) is 1. The van der Waals surface area contributed by atoms with E-state index < -0.39 is 0 Å². The number of aromatic amines is 1. The second-order valence-corrected chi connectivity index (χ2v) is 11.6. The molecule has 5 heteroatoms. The second-order valence-electron chi connectivity index (χ2n) is 11.6. The fraction of sp³-hybridized carbons (Fsp3) is 0.324. The summed E-state index contributed by atoms with van der Waals surface area (Å²) in [7, 11) is 4.22. The number of carbonyl (C=O) groups is 1. The summed E-state index contributed by atoms with van der Waals surface area (Å²) < 4.78 is 14.3. The van der Waals surface area contributed by atoms with Crippen molar-refractivity contribution in [2.75, 3.05) is 14.1 Å². The molecule has 4 aromatic rings. The van der Waals surface area contributed by atoms with Crippen molar-refractivity contribution in [3.8, 4) is 0 Å². The van der Waals surface area contributed by atoms with Gasteiger partial charge < -0.3 is 10.3 Å². The van der Waals surface area contributed by atoms with Crippen LogP contribution in [0.2, 0.25) is 0 Å². The minimum Gasteiger partial charge on any atom is -0.358 e. The molecule has 1 unspecified atom stereocenters. The highest BCUT2D eigenvalue weighted by Crippen LogP contribution is 2.54. The Kier molecular flexibility index (Phi) is 6.64. The molecule has 2 aliphatic carbocycles. The van der Waals surface area contributed by atoms with E-state index in [1.54, 1.807) is 12.1 Å². The zero-order valence-electron chi connectivity index (χ0n) is 22.7. The van der Waals surface area contributed by atoms with Gasteiger partial charge in [0.25, 0.3) is 0 Å². The molecule has 2 N–H and O–H groups in total. The lowest BCUT2D eigenvalue weighted by Crippen LogP contribution is -2.52. The molecule has 0 aliphatic heterocycles. The van der Waals surface area contributed by atoms with Gasteiger partial charge in [0.05, 0.1) is 0 Å². The third kappa shape index (κ3) is 4.70. The number of halogens is 1. The molecule has 0 saturated heterocycles. The number of H-pyrrole nitrogens is 1. The standard InChI is InChI=1S/C34H36FN3O/c1-38(2)34(25-11-8-12-26(35)21-25)19-17-33(18-20-34)23-27(36-31(39)16-15-24-9-4-3-5-10-24)22-29-28-13-6-7-14-30(28)37-32(29)33/h3-16,21,27,37H,17-20,22-23H2,1-2H3,(H,36,39)/b16-15+. The van der Waals surface area contributed by atoms with Crippen LogP contribution in [0, 0.1) is 5.82 Å². The van der Waals surface area contributed by atoms with Gasteiger partial charge >= 0.3 is 0 Å². The second kappa shape index (κ2) is 10.1. The first-order valence-corrected chi connectivity index (χ1v) is 14.0. The van der Waals surface area contributed by atoms with Gasteiger partial charge in [0.2, 0.25) is 5.91 Å². The van der Waals surface area contributed by atoms with Crippen molar-refractivity contribution in [3.05, 3.63) is 113 Å². The Bertz CT molecular complexity index is 1510. The number of hydrogen-bond acceptors (Lipinski definition) is 2. The van der Waals surface area contributed by atoms with Crippen LogP contribution in [-0.4, -0.2) is 35.9 Å². The molecule has 1 spiro atoms. The molecule has 1 saturated carbocycles. The fourth-order valence-electron chi connectivity index (χ4n) is 7.21. The number of hydrogen-bond donors (Lipinski definition) is 2. The monoisotopic (exact) mass is 521 g/mol. The van der Waals surface area contributed by atoms with Crippen LogP contribution in [0.4, 0.5) is 4.39 Å². The molecule has 1 fully saturated rings. The summed E-state index contributed by atoms with van der Waals surface area (Å²) in [6.07, 6.45) is 9.00. The maximum absolute atomic E-state index is 14.3. The Morgan fingerprint density at radius 2 is 1.72 bits per heavy atom. The highest BCUT2D eigenvalue weighted by atomic mass is 19.1. The van der Waals surface area contributed by atoms with Gasteiger partial charge in [-0.2, -0.15) is 0 Å². The quantitative estimate of drug-likeness (QED) is 0.287. The van der Waals surface area contributed by atoms with Gasteiger partial charge in [-0.25, -0.2) is 4.39 Å². The van der Waals surface area contributed by atoms with Crippen molar-refractivity contribution >= 4 is 22.9 Å². The van der Waals surface area contributed by atoms with E-state index in [0.29, 0.717) is 0 Å². The number of rotatable bonds is 5. The first kappa shape index (κ1) is 25.6. The van der Waals surface area contributed by atoms with E-state index in [0.717, 1.165) is 55.2 Å². The summed E-state index contributed by atoms with van der Waals surface area (Å²) in [5, 5.41) is 4.59. The van der Waals surface area contributed by atoms with Crippen molar-refractivity contribution in [1.82, 2.24) is 15.2 Å². The van der Waals surface area contributed by atoms with Crippen LogP contribution in [0.5, 0.6) is 0 Å². The number of amides is 1. The normalized spacial score (nSPS) is 24.9. The van der Waals surface area contributed by atoms with E-state index in [-0.39, 0.29) is 28.7 Å². The van der Waals surface area contributed by atoms with E-state index in [1.807, 2.05) is 42.5 Å². The lowest BCUT2D eigenvalue weighted by molar-refractivity contribution is -0.117. The van der Waals surface area contributed by atoms with Gasteiger partial charge in [-0.3, -0.25) is 9.69 Å². The Balaban J connectivity index is 1.31. The van der Waals surface area contributed by atoms with Gasteiger partial charge in [0.1, 0.15) is 5.82 Å². The molecule has 2 aliphatic rings. The lowest BCUT2D eigenvalue weighted by atomic mass is 9.58. The molecular weight excluding hydrogens is 485 g/mol. The van der Waals surface area contributed by atoms with E-state index in [1.165, 1.54) is 22.7 Å². The lowest BCUT2D eigenvalue weighted by Gasteiger charge is -2.52. The minimum atomic E-state index is -0.214. The van der Waals surface area contributed by atoms with Crippen molar-refractivity contribution in [2.45, 2.75) is 55.5 Å². The number of aromatic nitrogens is 1.